The smallest absolute Gasteiger partial charge is 0.303 e. The fourth-order valence-corrected chi connectivity index (χ4v) is 2.35. The standard InChI is InChI=1S/C16H26O2/c1-2-3-7-14-10-12-15(13-11-14)8-5-4-6-9-16(17)18/h10-12,15H,2-9,13H2,1H3,(H,17,18). The molecule has 0 fully saturated rings. The van der Waals surface area contributed by atoms with Crippen molar-refractivity contribution in [3.63, 3.8) is 0 Å². The number of unbranched alkanes of at least 4 members (excludes halogenated alkanes) is 3. The maximum atomic E-state index is 10.4. The Bertz CT molecular complexity index is 302. The Morgan fingerprint density at radius 2 is 2.17 bits per heavy atom. The Kier molecular flexibility index (Phi) is 7.47. The first kappa shape index (κ1) is 15.0. The van der Waals surface area contributed by atoms with Crippen LogP contribution in [-0.2, 0) is 4.79 Å². The number of hydrogen-bond acceptors (Lipinski definition) is 1. The third kappa shape index (κ3) is 6.63. The van der Waals surface area contributed by atoms with Gasteiger partial charge in [0.2, 0.25) is 0 Å². The normalized spacial score (nSPS) is 18.7. The monoisotopic (exact) mass is 250 g/mol. The van der Waals surface area contributed by atoms with Crippen LogP contribution in [0.25, 0.3) is 0 Å². The summed E-state index contributed by atoms with van der Waals surface area (Å²) < 4.78 is 0. The quantitative estimate of drug-likeness (QED) is 0.601. The molecule has 1 aliphatic carbocycles. The number of carboxylic acid groups (broad SMARTS) is 1. The first-order chi connectivity index (χ1) is 8.72. The first-order valence-electron chi connectivity index (χ1n) is 7.31. The van der Waals surface area contributed by atoms with Crippen LogP contribution in [0.1, 0.15) is 64.7 Å². The second-order valence-electron chi connectivity index (χ2n) is 5.23. The van der Waals surface area contributed by atoms with Crippen LogP contribution in [0.2, 0.25) is 0 Å². The molecule has 102 valence electrons. The Morgan fingerprint density at radius 1 is 1.33 bits per heavy atom. The predicted octanol–water partition coefficient (Wildman–Crippen LogP) is 4.71. The molecular weight excluding hydrogens is 224 g/mol. The van der Waals surface area contributed by atoms with Crippen LogP contribution in [0.3, 0.4) is 0 Å². The zero-order valence-corrected chi connectivity index (χ0v) is 11.5. The van der Waals surface area contributed by atoms with Crippen molar-refractivity contribution in [3.8, 4) is 0 Å². The van der Waals surface area contributed by atoms with E-state index in [2.05, 4.69) is 25.2 Å². The number of carboxylic acids is 1. The van der Waals surface area contributed by atoms with Crippen molar-refractivity contribution in [1.82, 2.24) is 0 Å². The SMILES string of the molecule is CCCCC1=CCC(CCCCCC(=O)O)C=C1. The van der Waals surface area contributed by atoms with E-state index in [1.54, 1.807) is 0 Å². The van der Waals surface area contributed by atoms with Gasteiger partial charge in [-0.1, -0.05) is 50.0 Å². The average Bonchev–Trinajstić information content (AvgIpc) is 2.37. The summed E-state index contributed by atoms with van der Waals surface area (Å²) in [4.78, 5) is 10.4. The highest BCUT2D eigenvalue weighted by Gasteiger charge is 2.08. The molecule has 1 unspecified atom stereocenters. The van der Waals surface area contributed by atoms with Gasteiger partial charge in [-0.3, -0.25) is 4.79 Å². The first-order valence-corrected chi connectivity index (χ1v) is 7.31. The molecule has 0 saturated carbocycles. The van der Waals surface area contributed by atoms with Gasteiger partial charge in [-0.15, -0.1) is 0 Å². The van der Waals surface area contributed by atoms with Gasteiger partial charge in [0, 0.05) is 6.42 Å². The zero-order chi connectivity index (χ0) is 13.2. The van der Waals surface area contributed by atoms with Crippen LogP contribution in [0.5, 0.6) is 0 Å². The third-order valence-electron chi connectivity index (χ3n) is 3.55. The average molecular weight is 250 g/mol. The molecule has 0 radical (unpaired) electrons. The number of aliphatic carboxylic acids is 1. The van der Waals surface area contributed by atoms with E-state index < -0.39 is 5.97 Å². The van der Waals surface area contributed by atoms with Gasteiger partial charge < -0.3 is 5.11 Å². The summed E-state index contributed by atoms with van der Waals surface area (Å²) in [6, 6.07) is 0. The maximum absolute atomic E-state index is 10.4. The van der Waals surface area contributed by atoms with E-state index in [1.165, 1.54) is 37.7 Å². The molecule has 1 rings (SSSR count). The van der Waals surface area contributed by atoms with Crippen LogP contribution in [0.15, 0.2) is 23.8 Å². The molecule has 0 saturated heterocycles. The molecule has 0 aromatic heterocycles. The van der Waals surface area contributed by atoms with E-state index in [4.69, 9.17) is 5.11 Å². The topological polar surface area (TPSA) is 37.3 Å². The Hall–Kier alpha value is -1.05. The number of rotatable bonds is 9. The van der Waals surface area contributed by atoms with Gasteiger partial charge in [0.05, 0.1) is 0 Å². The van der Waals surface area contributed by atoms with Crippen molar-refractivity contribution in [3.05, 3.63) is 23.8 Å². The van der Waals surface area contributed by atoms with E-state index in [-0.39, 0.29) is 0 Å². The molecule has 2 nitrogen and oxygen atoms in total. The number of allylic oxidation sites excluding steroid dienone is 4. The molecule has 0 aromatic carbocycles. The molecule has 1 atom stereocenters. The van der Waals surface area contributed by atoms with Crippen LogP contribution in [0, 0.1) is 5.92 Å². The van der Waals surface area contributed by atoms with Crippen LogP contribution >= 0.6 is 0 Å². The summed E-state index contributed by atoms with van der Waals surface area (Å²) in [7, 11) is 0. The summed E-state index contributed by atoms with van der Waals surface area (Å²) >= 11 is 0. The largest absolute Gasteiger partial charge is 0.481 e. The second-order valence-corrected chi connectivity index (χ2v) is 5.23. The molecule has 0 amide bonds. The fraction of sp³-hybridized carbons (Fsp3) is 0.688. The molecule has 0 aromatic rings. The molecule has 0 bridgehead atoms. The summed E-state index contributed by atoms with van der Waals surface area (Å²) in [6.07, 6.45) is 16.5. The van der Waals surface area contributed by atoms with E-state index in [0.29, 0.717) is 12.3 Å². The minimum Gasteiger partial charge on any atom is -0.481 e. The minimum atomic E-state index is -0.670. The van der Waals surface area contributed by atoms with Gasteiger partial charge in [-0.05, 0) is 38.0 Å². The predicted molar refractivity (Wildman–Crippen MR) is 75.6 cm³/mol. The van der Waals surface area contributed by atoms with Crippen molar-refractivity contribution in [1.29, 1.82) is 0 Å². The number of hydrogen-bond donors (Lipinski definition) is 1. The molecule has 0 aliphatic heterocycles. The highest BCUT2D eigenvalue weighted by Crippen LogP contribution is 2.24. The molecule has 1 aliphatic rings. The maximum Gasteiger partial charge on any atom is 0.303 e. The molecule has 18 heavy (non-hydrogen) atoms. The molecule has 1 N–H and O–H groups in total. The summed E-state index contributed by atoms with van der Waals surface area (Å²) in [5.74, 6) is 0.0104. The van der Waals surface area contributed by atoms with Crippen LogP contribution in [-0.4, -0.2) is 11.1 Å². The molecule has 0 heterocycles. The van der Waals surface area contributed by atoms with E-state index in [9.17, 15) is 4.79 Å². The minimum absolute atomic E-state index is 0.321. The van der Waals surface area contributed by atoms with E-state index in [1.807, 2.05) is 0 Å². The van der Waals surface area contributed by atoms with E-state index in [0.717, 1.165) is 19.3 Å². The number of carbonyl (C=O) groups is 1. The van der Waals surface area contributed by atoms with Crippen molar-refractivity contribution in [2.75, 3.05) is 0 Å². The van der Waals surface area contributed by atoms with Crippen molar-refractivity contribution < 1.29 is 9.90 Å². The Labute approximate surface area is 111 Å². The van der Waals surface area contributed by atoms with Gasteiger partial charge in [-0.25, -0.2) is 0 Å². The highest BCUT2D eigenvalue weighted by molar-refractivity contribution is 5.66. The third-order valence-corrected chi connectivity index (χ3v) is 3.55. The van der Waals surface area contributed by atoms with E-state index >= 15 is 0 Å². The van der Waals surface area contributed by atoms with Gasteiger partial charge >= 0.3 is 5.97 Å². The van der Waals surface area contributed by atoms with Gasteiger partial charge in [-0.2, -0.15) is 0 Å². The van der Waals surface area contributed by atoms with Crippen LogP contribution in [0.4, 0.5) is 0 Å². The molecule has 2 heteroatoms. The fourth-order valence-electron chi connectivity index (χ4n) is 2.35. The van der Waals surface area contributed by atoms with Crippen molar-refractivity contribution in [2.24, 2.45) is 5.92 Å². The lowest BCUT2D eigenvalue weighted by Crippen LogP contribution is -2.01. The lowest BCUT2D eigenvalue weighted by Gasteiger charge is -2.16. The lowest BCUT2D eigenvalue weighted by molar-refractivity contribution is -0.137. The summed E-state index contributed by atoms with van der Waals surface area (Å²) in [5.41, 5.74) is 1.50. The Balaban J connectivity index is 2.07. The second kappa shape index (κ2) is 8.96. The van der Waals surface area contributed by atoms with Crippen LogP contribution < -0.4 is 0 Å². The molecule has 0 spiro atoms. The summed E-state index contributed by atoms with van der Waals surface area (Å²) in [6.45, 7) is 2.23. The summed E-state index contributed by atoms with van der Waals surface area (Å²) in [5, 5.41) is 8.54. The Morgan fingerprint density at radius 3 is 2.78 bits per heavy atom. The van der Waals surface area contributed by atoms with Gasteiger partial charge in [0.25, 0.3) is 0 Å². The molecular formula is C16H26O2. The van der Waals surface area contributed by atoms with Crippen molar-refractivity contribution >= 4 is 5.97 Å². The van der Waals surface area contributed by atoms with Gasteiger partial charge in [0.1, 0.15) is 0 Å². The van der Waals surface area contributed by atoms with Gasteiger partial charge in [0.15, 0.2) is 0 Å². The lowest BCUT2D eigenvalue weighted by atomic mass is 9.90. The zero-order valence-electron chi connectivity index (χ0n) is 11.5. The van der Waals surface area contributed by atoms with Crippen molar-refractivity contribution in [2.45, 2.75) is 64.7 Å². The highest BCUT2D eigenvalue weighted by atomic mass is 16.4.